The Balaban J connectivity index is 1.61. The lowest BCUT2D eigenvalue weighted by atomic mass is 10.1. The van der Waals surface area contributed by atoms with E-state index in [1.54, 1.807) is 30.3 Å². The Morgan fingerprint density at radius 1 is 1.07 bits per heavy atom. The second kappa shape index (κ2) is 8.52. The first kappa shape index (κ1) is 20.0. The van der Waals surface area contributed by atoms with E-state index in [0.29, 0.717) is 24.9 Å². The number of carbonyl (C=O) groups excluding carboxylic acids is 2. The first-order chi connectivity index (χ1) is 13.4. The highest BCUT2D eigenvalue weighted by molar-refractivity contribution is 7.92. The van der Waals surface area contributed by atoms with Crippen LogP contribution in [0.2, 0.25) is 0 Å². The highest BCUT2D eigenvalue weighted by atomic mass is 32.2. The molecular weight excluding hydrogens is 383 g/mol. The monoisotopic (exact) mass is 404 g/mol. The zero-order chi connectivity index (χ0) is 20.1. The summed E-state index contributed by atoms with van der Waals surface area (Å²) in [6.07, 6.45) is 0.976. The van der Waals surface area contributed by atoms with Crippen LogP contribution >= 0.6 is 0 Å². The Kier molecular flexibility index (Phi) is 6.08. The van der Waals surface area contributed by atoms with Crippen LogP contribution in [0.15, 0.2) is 59.5 Å². The lowest BCUT2D eigenvalue weighted by Gasteiger charge is -2.32. The predicted octanol–water partition coefficient (Wildman–Crippen LogP) is 2.02. The molecule has 0 spiro atoms. The smallest absolute Gasteiger partial charge is 0.251 e. The van der Waals surface area contributed by atoms with Crippen LogP contribution in [0.3, 0.4) is 0 Å². The van der Waals surface area contributed by atoms with Crippen LogP contribution in [0.4, 0.5) is 4.39 Å². The molecule has 1 atom stereocenters. The Hall–Kier alpha value is -2.74. The number of nitrogens with zero attached hydrogens (tertiary/aromatic N) is 1. The molecule has 1 heterocycles. The Morgan fingerprint density at radius 3 is 2.43 bits per heavy atom. The van der Waals surface area contributed by atoms with Gasteiger partial charge in [0.15, 0.2) is 9.84 Å². The predicted molar refractivity (Wildman–Crippen MR) is 102 cm³/mol. The Bertz CT molecular complexity index is 946. The van der Waals surface area contributed by atoms with E-state index in [4.69, 9.17) is 0 Å². The van der Waals surface area contributed by atoms with Gasteiger partial charge in [-0.15, -0.1) is 0 Å². The average Bonchev–Trinajstić information content (AvgIpc) is 2.72. The molecule has 3 rings (SSSR count). The van der Waals surface area contributed by atoms with Gasteiger partial charge >= 0.3 is 0 Å². The maximum absolute atomic E-state index is 13.1. The van der Waals surface area contributed by atoms with Gasteiger partial charge in [0.1, 0.15) is 5.82 Å². The minimum absolute atomic E-state index is 0.0468. The van der Waals surface area contributed by atoms with Crippen LogP contribution in [0, 0.1) is 5.82 Å². The van der Waals surface area contributed by atoms with Gasteiger partial charge in [-0.3, -0.25) is 9.59 Å². The fraction of sp³-hybridized carbons (Fsp3) is 0.300. The van der Waals surface area contributed by atoms with Gasteiger partial charge < -0.3 is 10.2 Å². The number of amides is 2. The van der Waals surface area contributed by atoms with Crippen molar-refractivity contribution in [3.05, 3.63) is 66.0 Å². The van der Waals surface area contributed by atoms with Crippen molar-refractivity contribution in [1.82, 2.24) is 10.2 Å². The summed E-state index contributed by atoms with van der Waals surface area (Å²) in [5, 5.41) is 1.82. The summed E-state index contributed by atoms with van der Waals surface area (Å²) in [6, 6.07) is 13.2. The van der Waals surface area contributed by atoms with Gasteiger partial charge in [-0.1, -0.05) is 18.2 Å². The van der Waals surface area contributed by atoms with Gasteiger partial charge in [0.2, 0.25) is 5.91 Å². The number of hydrogen-bond acceptors (Lipinski definition) is 4. The summed E-state index contributed by atoms with van der Waals surface area (Å²) in [7, 11) is -3.67. The third-order valence-electron chi connectivity index (χ3n) is 4.75. The van der Waals surface area contributed by atoms with Gasteiger partial charge in [0.05, 0.1) is 16.7 Å². The molecule has 28 heavy (non-hydrogen) atoms. The number of nitrogens with one attached hydrogen (secondary N) is 1. The summed E-state index contributed by atoms with van der Waals surface area (Å²) in [5.74, 6) is -1.20. The molecular formula is C20H21FN2O4S. The first-order valence-electron chi connectivity index (χ1n) is 8.98. The highest BCUT2D eigenvalue weighted by Crippen LogP contribution is 2.24. The van der Waals surface area contributed by atoms with E-state index in [9.17, 15) is 22.4 Å². The average molecular weight is 404 g/mol. The molecule has 2 amide bonds. The zero-order valence-corrected chi connectivity index (χ0v) is 16.0. The van der Waals surface area contributed by atoms with Crippen LogP contribution in [0.25, 0.3) is 0 Å². The molecule has 148 valence electrons. The number of benzene rings is 2. The van der Waals surface area contributed by atoms with E-state index in [-0.39, 0.29) is 29.8 Å². The Morgan fingerprint density at radius 2 is 1.75 bits per heavy atom. The highest BCUT2D eigenvalue weighted by Gasteiger charge is 2.33. The van der Waals surface area contributed by atoms with Crippen molar-refractivity contribution < 1.29 is 22.4 Å². The molecule has 6 nitrogen and oxygen atoms in total. The van der Waals surface area contributed by atoms with Gasteiger partial charge in [0.25, 0.3) is 5.91 Å². The number of sulfone groups is 1. The zero-order valence-electron chi connectivity index (χ0n) is 15.2. The Labute approximate surface area is 163 Å². The molecule has 0 saturated carbocycles. The summed E-state index contributed by atoms with van der Waals surface area (Å²) in [6.45, 7) is 0.298. The minimum Gasteiger partial charge on any atom is -0.343 e. The van der Waals surface area contributed by atoms with Crippen molar-refractivity contribution >= 4 is 21.7 Å². The van der Waals surface area contributed by atoms with Crippen molar-refractivity contribution in [3.8, 4) is 0 Å². The fourth-order valence-corrected chi connectivity index (χ4v) is 4.95. The largest absolute Gasteiger partial charge is 0.343 e. The molecule has 0 radical (unpaired) electrons. The molecule has 0 aromatic heterocycles. The van der Waals surface area contributed by atoms with Crippen LogP contribution < -0.4 is 5.32 Å². The van der Waals surface area contributed by atoms with E-state index < -0.39 is 20.9 Å². The topological polar surface area (TPSA) is 83.6 Å². The van der Waals surface area contributed by atoms with Gasteiger partial charge in [-0.05, 0) is 49.2 Å². The van der Waals surface area contributed by atoms with E-state index in [1.165, 1.54) is 17.0 Å². The van der Waals surface area contributed by atoms with Crippen molar-refractivity contribution in [3.63, 3.8) is 0 Å². The van der Waals surface area contributed by atoms with Gasteiger partial charge in [0, 0.05) is 18.7 Å². The van der Waals surface area contributed by atoms with Crippen molar-refractivity contribution in [2.24, 2.45) is 0 Å². The maximum Gasteiger partial charge on any atom is 0.251 e. The normalized spacial score (nSPS) is 17.2. The first-order valence-corrected chi connectivity index (χ1v) is 10.5. The van der Waals surface area contributed by atoms with Crippen molar-refractivity contribution in [2.75, 3.05) is 19.6 Å². The molecule has 1 aliphatic heterocycles. The SMILES string of the molecule is O=C(NCC(=O)N1CCC[C@@H](S(=O)(=O)c2ccc(F)cc2)C1)c1ccccc1. The molecule has 1 aliphatic rings. The maximum atomic E-state index is 13.1. The quantitative estimate of drug-likeness (QED) is 0.773. The van der Waals surface area contributed by atoms with Crippen LogP contribution in [-0.4, -0.2) is 50.0 Å². The van der Waals surface area contributed by atoms with Crippen LogP contribution in [0.5, 0.6) is 0 Å². The van der Waals surface area contributed by atoms with Gasteiger partial charge in [-0.2, -0.15) is 0 Å². The molecule has 2 aromatic rings. The molecule has 1 fully saturated rings. The summed E-state index contributed by atoms with van der Waals surface area (Å²) in [5.41, 5.74) is 0.450. The molecule has 0 bridgehead atoms. The molecule has 2 aromatic carbocycles. The number of piperidine rings is 1. The minimum atomic E-state index is -3.67. The van der Waals surface area contributed by atoms with Crippen LogP contribution in [0.1, 0.15) is 23.2 Å². The van der Waals surface area contributed by atoms with Crippen LogP contribution in [-0.2, 0) is 14.6 Å². The fourth-order valence-electron chi connectivity index (χ4n) is 3.19. The molecule has 0 unspecified atom stereocenters. The summed E-state index contributed by atoms with van der Waals surface area (Å²) < 4.78 is 38.7. The third-order valence-corrected chi connectivity index (χ3v) is 6.94. The van der Waals surface area contributed by atoms with E-state index in [0.717, 1.165) is 12.1 Å². The molecule has 1 N–H and O–H groups in total. The number of hydrogen-bond donors (Lipinski definition) is 1. The third kappa shape index (κ3) is 4.56. The second-order valence-electron chi connectivity index (χ2n) is 6.65. The second-order valence-corrected chi connectivity index (χ2v) is 8.88. The number of likely N-dealkylation sites (tertiary alicyclic amines) is 1. The van der Waals surface area contributed by atoms with E-state index in [2.05, 4.69) is 5.32 Å². The molecule has 1 saturated heterocycles. The molecule has 8 heteroatoms. The van der Waals surface area contributed by atoms with Crippen molar-refractivity contribution in [2.45, 2.75) is 23.0 Å². The number of halogens is 1. The standard InChI is InChI=1S/C20H21FN2O4S/c21-16-8-10-17(11-9-16)28(26,27)18-7-4-12-23(14-18)19(24)13-22-20(25)15-5-2-1-3-6-15/h1-3,5-6,8-11,18H,4,7,12-14H2,(H,22,25)/t18-/m1/s1. The van der Waals surface area contributed by atoms with E-state index >= 15 is 0 Å². The lowest BCUT2D eigenvalue weighted by Crippen LogP contribution is -2.48. The van der Waals surface area contributed by atoms with E-state index in [1.807, 2.05) is 0 Å². The number of rotatable bonds is 5. The number of carbonyl (C=O) groups is 2. The summed E-state index contributed by atoms with van der Waals surface area (Å²) >= 11 is 0. The van der Waals surface area contributed by atoms with Crippen molar-refractivity contribution in [1.29, 1.82) is 0 Å². The summed E-state index contributed by atoms with van der Waals surface area (Å²) in [4.78, 5) is 26.0. The lowest BCUT2D eigenvalue weighted by molar-refractivity contribution is -0.130. The molecule has 0 aliphatic carbocycles. The van der Waals surface area contributed by atoms with Gasteiger partial charge in [-0.25, -0.2) is 12.8 Å².